The van der Waals surface area contributed by atoms with Crippen LogP contribution in [0.5, 0.6) is 5.75 Å². The molecule has 3 nitrogen and oxygen atoms in total. The Balaban J connectivity index is 2.52. The summed E-state index contributed by atoms with van der Waals surface area (Å²) in [5.74, 6) is -0.769. The highest BCUT2D eigenvalue weighted by atomic mass is 19.1. The van der Waals surface area contributed by atoms with Gasteiger partial charge in [-0.05, 0) is 44.6 Å². The SMILES string of the molecule is CCCn1cc(CCN(C)C)c2c(O)c(F)ccc21. The van der Waals surface area contributed by atoms with Crippen molar-refractivity contribution in [3.63, 3.8) is 0 Å². The summed E-state index contributed by atoms with van der Waals surface area (Å²) in [6.07, 6.45) is 3.85. The van der Waals surface area contributed by atoms with Gasteiger partial charge in [0.2, 0.25) is 0 Å². The van der Waals surface area contributed by atoms with E-state index < -0.39 is 5.82 Å². The number of aromatic nitrogens is 1. The van der Waals surface area contributed by atoms with E-state index in [-0.39, 0.29) is 5.75 Å². The highest BCUT2D eigenvalue weighted by Crippen LogP contribution is 2.32. The van der Waals surface area contributed by atoms with E-state index in [1.807, 2.05) is 20.3 Å². The number of nitrogens with zero attached hydrogens (tertiary/aromatic N) is 2. The van der Waals surface area contributed by atoms with E-state index in [4.69, 9.17) is 0 Å². The van der Waals surface area contributed by atoms with Gasteiger partial charge in [0.1, 0.15) is 0 Å². The predicted molar refractivity (Wildman–Crippen MR) is 76.1 cm³/mol. The zero-order valence-electron chi connectivity index (χ0n) is 11.8. The Morgan fingerprint density at radius 1 is 1.32 bits per heavy atom. The Morgan fingerprint density at radius 2 is 2.05 bits per heavy atom. The van der Waals surface area contributed by atoms with E-state index >= 15 is 0 Å². The number of benzene rings is 1. The molecule has 0 radical (unpaired) electrons. The maximum atomic E-state index is 13.6. The summed E-state index contributed by atoms with van der Waals surface area (Å²) in [6.45, 7) is 3.86. The van der Waals surface area contributed by atoms with Gasteiger partial charge < -0.3 is 14.6 Å². The van der Waals surface area contributed by atoms with E-state index in [9.17, 15) is 9.50 Å². The van der Waals surface area contributed by atoms with Crippen molar-refractivity contribution < 1.29 is 9.50 Å². The smallest absolute Gasteiger partial charge is 0.165 e. The van der Waals surface area contributed by atoms with Gasteiger partial charge in [-0.15, -0.1) is 0 Å². The number of likely N-dealkylation sites (N-methyl/N-ethyl adjacent to an activating group) is 1. The Hall–Kier alpha value is -1.55. The molecule has 0 aliphatic rings. The number of aryl methyl sites for hydroxylation is 1. The Bertz CT molecular complexity index is 575. The van der Waals surface area contributed by atoms with E-state index in [1.54, 1.807) is 6.07 Å². The molecular formula is C15H21FN2O. The maximum absolute atomic E-state index is 13.6. The molecule has 0 saturated heterocycles. The molecule has 19 heavy (non-hydrogen) atoms. The molecule has 1 N–H and O–H groups in total. The number of aromatic hydroxyl groups is 1. The van der Waals surface area contributed by atoms with E-state index in [2.05, 4.69) is 16.4 Å². The van der Waals surface area contributed by atoms with Gasteiger partial charge in [0.15, 0.2) is 11.6 Å². The topological polar surface area (TPSA) is 28.4 Å². The molecule has 0 aliphatic heterocycles. The monoisotopic (exact) mass is 264 g/mol. The van der Waals surface area contributed by atoms with E-state index in [0.29, 0.717) is 5.39 Å². The molecule has 0 fully saturated rings. The average molecular weight is 264 g/mol. The van der Waals surface area contributed by atoms with Crippen LogP contribution in [-0.4, -0.2) is 35.2 Å². The molecule has 1 aromatic heterocycles. The second-order valence-electron chi connectivity index (χ2n) is 5.19. The molecule has 104 valence electrons. The molecule has 0 bridgehead atoms. The fraction of sp³-hybridized carbons (Fsp3) is 0.467. The molecule has 2 rings (SSSR count). The lowest BCUT2D eigenvalue weighted by Gasteiger charge is -2.08. The maximum Gasteiger partial charge on any atom is 0.165 e. The van der Waals surface area contributed by atoms with Gasteiger partial charge in [-0.3, -0.25) is 0 Å². The molecule has 0 saturated carbocycles. The predicted octanol–water partition coefficient (Wildman–Crippen LogP) is 3.00. The molecule has 2 aromatic rings. The van der Waals surface area contributed by atoms with Crippen molar-refractivity contribution in [2.45, 2.75) is 26.3 Å². The van der Waals surface area contributed by atoms with Crippen LogP contribution >= 0.6 is 0 Å². The molecule has 1 heterocycles. The van der Waals surface area contributed by atoms with Gasteiger partial charge in [-0.25, -0.2) is 4.39 Å². The number of halogens is 1. The zero-order chi connectivity index (χ0) is 14.0. The van der Waals surface area contributed by atoms with Crippen LogP contribution in [0.25, 0.3) is 10.9 Å². The van der Waals surface area contributed by atoms with Gasteiger partial charge >= 0.3 is 0 Å². The number of rotatable bonds is 5. The second kappa shape index (κ2) is 5.61. The molecule has 0 amide bonds. The average Bonchev–Trinajstić information content (AvgIpc) is 2.71. The third-order valence-corrected chi connectivity index (χ3v) is 3.34. The normalized spacial score (nSPS) is 11.6. The summed E-state index contributed by atoms with van der Waals surface area (Å²) in [4.78, 5) is 2.08. The highest BCUT2D eigenvalue weighted by molar-refractivity contribution is 5.90. The lowest BCUT2D eigenvalue weighted by Crippen LogP contribution is -2.14. The minimum Gasteiger partial charge on any atom is -0.504 e. The molecule has 0 atom stereocenters. The minimum absolute atomic E-state index is 0.221. The second-order valence-corrected chi connectivity index (χ2v) is 5.19. The minimum atomic E-state index is -0.548. The first-order chi connectivity index (χ1) is 9.04. The van der Waals surface area contributed by atoms with Crippen molar-refractivity contribution in [2.24, 2.45) is 0 Å². The van der Waals surface area contributed by atoms with Crippen molar-refractivity contribution in [2.75, 3.05) is 20.6 Å². The van der Waals surface area contributed by atoms with Crippen LogP contribution in [0.3, 0.4) is 0 Å². The quantitative estimate of drug-likeness (QED) is 0.899. The largest absolute Gasteiger partial charge is 0.504 e. The third-order valence-electron chi connectivity index (χ3n) is 3.34. The summed E-state index contributed by atoms with van der Waals surface area (Å²) in [5, 5.41) is 10.6. The first-order valence-corrected chi connectivity index (χ1v) is 6.68. The summed E-state index contributed by atoms with van der Waals surface area (Å²) >= 11 is 0. The van der Waals surface area contributed by atoms with Crippen molar-refractivity contribution in [1.29, 1.82) is 0 Å². The molecule has 4 heteroatoms. The first kappa shape index (κ1) is 13.9. The summed E-state index contributed by atoms with van der Waals surface area (Å²) < 4.78 is 15.6. The van der Waals surface area contributed by atoms with Crippen LogP contribution in [0.4, 0.5) is 4.39 Å². The molecule has 0 spiro atoms. The molecular weight excluding hydrogens is 243 g/mol. The Morgan fingerprint density at radius 3 is 2.68 bits per heavy atom. The Kier molecular flexibility index (Phi) is 4.10. The number of hydrogen-bond acceptors (Lipinski definition) is 2. The van der Waals surface area contributed by atoms with Crippen LogP contribution in [-0.2, 0) is 13.0 Å². The van der Waals surface area contributed by atoms with Gasteiger partial charge in [-0.2, -0.15) is 0 Å². The van der Waals surface area contributed by atoms with Crippen LogP contribution in [0.1, 0.15) is 18.9 Å². The number of fused-ring (bicyclic) bond motifs is 1. The third kappa shape index (κ3) is 2.73. The van der Waals surface area contributed by atoms with Gasteiger partial charge in [0.25, 0.3) is 0 Å². The fourth-order valence-corrected chi connectivity index (χ4v) is 2.39. The zero-order valence-corrected chi connectivity index (χ0v) is 11.8. The van der Waals surface area contributed by atoms with Crippen molar-refractivity contribution in [1.82, 2.24) is 9.47 Å². The van der Waals surface area contributed by atoms with E-state index in [0.717, 1.165) is 37.0 Å². The summed E-state index contributed by atoms with van der Waals surface area (Å²) in [6, 6.07) is 3.08. The lowest BCUT2D eigenvalue weighted by molar-refractivity contribution is 0.413. The van der Waals surface area contributed by atoms with Crippen molar-refractivity contribution >= 4 is 10.9 Å². The number of hydrogen-bond donors (Lipinski definition) is 1. The van der Waals surface area contributed by atoms with E-state index in [1.165, 1.54) is 6.07 Å². The van der Waals surface area contributed by atoms with Crippen LogP contribution in [0, 0.1) is 5.82 Å². The molecule has 0 aliphatic carbocycles. The summed E-state index contributed by atoms with van der Waals surface area (Å²) in [7, 11) is 4.01. The van der Waals surface area contributed by atoms with Crippen molar-refractivity contribution in [3.05, 3.63) is 29.7 Å². The number of phenols is 1. The van der Waals surface area contributed by atoms with Crippen LogP contribution in [0.15, 0.2) is 18.3 Å². The van der Waals surface area contributed by atoms with Gasteiger partial charge in [0, 0.05) is 24.7 Å². The number of phenolic OH excluding ortho intramolecular Hbond substituents is 1. The van der Waals surface area contributed by atoms with Gasteiger partial charge in [0.05, 0.1) is 5.52 Å². The van der Waals surface area contributed by atoms with Crippen LogP contribution < -0.4 is 0 Å². The van der Waals surface area contributed by atoms with Crippen molar-refractivity contribution in [3.8, 4) is 5.75 Å². The lowest BCUT2D eigenvalue weighted by atomic mass is 10.1. The first-order valence-electron chi connectivity index (χ1n) is 6.68. The fourth-order valence-electron chi connectivity index (χ4n) is 2.39. The highest BCUT2D eigenvalue weighted by Gasteiger charge is 2.15. The van der Waals surface area contributed by atoms with Gasteiger partial charge in [-0.1, -0.05) is 6.92 Å². The molecule has 0 unspecified atom stereocenters. The van der Waals surface area contributed by atoms with Crippen LogP contribution in [0.2, 0.25) is 0 Å². The summed E-state index contributed by atoms with van der Waals surface area (Å²) in [5.41, 5.74) is 1.92. The molecule has 1 aromatic carbocycles. The Labute approximate surface area is 113 Å². The standard InChI is InChI=1S/C15H21FN2O/c1-4-8-18-10-11(7-9-17(2)3)14-13(18)6-5-12(16)15(14)19/h5-6,10,19H,4,7-9H2,1-3H3.